The van der Waals surface area contributed by atoms with E-state index in [2.05, 4.69) is 15.6 Å². The van der Waals surface area contributed by atoms with Gasteiger partial charge in [0, 0.05) is 38.2 Å². The summed E-state index contributed by atoms with van der Waals surface area (Å²) in [4.78, 5) is 32.2. The number of nitrogens with zero attached hydrogens (tertiary/aromatic N) is 3. The second-order valence-electron chi connectivity index (χ2n) is 8.33. The number of anilines is 1. The summed E-state index contributed by atoms with van der Waals surface area (Å²) in [6, 6.07) is 17.0. The standard InChI is InChI=1S/C25H29N5O2/c1-18-8-6-12-21(16-18)27-25(32)30-14-7-11-20(17-30)24(31)28-22(19-9-4-3-5-10-19)23-26-13-15-29(23)2/h3-6,8-10,12-13,15-16,20,22H,7,11,14,17H2,1-2H3,(H,27,32)(H,28,31)/t20-,22+/m1/s1. The zero-order chi connectivity index (χ0) is 22.5. The highest BCUT2D eigenvalue weighted by Crippen LogP contribution is 2.23. The fraction of sp³-hybridized carbons (Fsp3) is 0.320. The lowest BCUT2D eigenvalue weighted by Gasteiger charge is -2.33. The summed E-state index contributed by atoms with van der Waals surface area (Å²) < 4.78 is 1.92. The molecule has 2 aromatic carbocycles. The molecule has 1 fully saturated rings. The largest absolute Gasteiger partial charge is 0.342 e. The van der Waals surface area contributed by atoms with Gasteiger partial charge >= 0.3 is 6.03 Å². The first kappa shape index (κ1) is 21.6. The lowest BCUT2D eigenvalue weighted by atomic mass is 9.96. The van der Waals surface area contributed by atoms with Gasteiger partial charge in [-0.05, 0) is 43.0 Å². The van der Waals surface area contributed by atoms with Gasteiger partial charge in [0.1, 0.15) is 11.9 Å². The van der Waals surface area contributed by atoms with Gasteiger partial charge in [0.05, 0.1) is 5.92 Å². The van der Waals surface area contributed by atoms with Gasteiger partial charge in [-0.1, -0.05) is 42.5 Å². The second-order valence-corrected chi connectivity index (χ2v) is 8.33. The fourth-order valence-corrected chi connectivity index (χ4v) is 4.16. The quantitative estimate of drug-likeness (QED) is 0.644. The van der Waals surface area contributed by atoms with Crippen LogP contribution in [0.2, 0.25) is 0 Å². The van der Waals surface area contributed by atoms with Crippen LogP contribution in [-0.2, 0) is 11.8 Å². The Morgan fingerprint density at radius 1 is 1.12 bits per heavy atom. The van der Waals surface area contributed by atoms with Crippen molar-refractivity contribution in [1.82, 2.24) is 19.8 Å². The number of benzene rings is 2. The predicted molar refractivity (Wildman–Crippen MR) is 124 cm³/mol. The summed E-state index contributed by atoms with van der Waals surface area (Å²) in [6.45, 7) is 3.02. The number of nitrogens with one attached hydrogen (secondary N) is 2. The summed E-state index contributed by atoms with van der Waals surface area (Å²) in [7, 11) is 1.92. The normalized spacial score (nSPS) is 16.9. The number of aromatic nitrogens is 2. The maximum atomic E-state index is 13.3. The van der Waals surface area contributed by atoms with E-state index in [1.54, 1.807) is 11.1 Å². The molecule has 0 spiro atoms. The number of hydrogen-bond acceptors (Lipinski definition) is 3. The number of imidazole rings is 1. The Hall–Kier alpha value is -3.61. The van der Waals surface area contributed by atoms with Gasteiger partial charge in [-0.2, -0.15) is 0 Å². The zero-order valence-corrected chi connectivity index (χ0v) is 18.5. The van der Waals surface area contributed by atoms with Crippen molar-refractivity contribution >= 4 is 17.6 Å². The molecular formula is C25H29N5O2. The predicted octanol–water partition coefficient (Wildman–Crippen LogP) is 3.88. The van der Waals surface area contributed by atoms with E-state index in [1.165, 1.54) is 0 Å². The van der Waals surface area contributed by atoms with Crippen molar-refractivity contribution in [2.45, 2.75) is 25.8 Å². The Kier molecular flexibility index (Phi) is 6.54. The van der Waals surface area contributed by atoms with Crippen LogP contribution in [0.5, 0.6) is 0 Å². The smallest absolute Gasteiger partial charge is 0.321 e. The molecule has 4 rings (SSSR count). The molecule has 32 heavy (non-hydrogen) atoms. The van der Waals surface area contributed by atoms with Gasteiger partial charge in [-0.3, -0.25) is 4.79 Å². The van der Waals surface area contributed by atoms with Gasteiger partial charge in [0.25, 0.3) is 0 Å². The van der Waals surface area contributed by atoms with Crippen LogP contribution in [0.25, 0.3) is 0 Å². The third-order valence-corrected chi connectivity index (χ3v) is 5.88. The van der Waals surface area contributed by atoms with Crippen LogP contribution < -0.4 is 10.6 Å². The Labute approximate surface area is 188 Å². The number of piperidine rings is 1. The van der Waals surface area contributed by atoms with Crippen LogP contribution in [0.15, 0.2) is 67.0 Å². The molecule has 0 unspecified atom stereocenters. The molecular weight excluding hydrogens is 402 g/mol. The molecule has 3 aromatic rings. The first-order valence-electron chi connectivity index (χ1n) is 11.0. The highest BCUT2D eigenvalue weighted by Gasteiger charge is 2.31. The zero-order valence-electron chi connectivity index (χ0n) is 18.5. The summed E-state index contributed by atoms with van der Waals surface area (Å²) in [5.41, 5.74) is 2.82. The first-order valence-corrected chi connectivity index (χ1v) is 11.0. The molecule has 0 aliphatic carbocycles. The van der Waals surface area contributed by atoms with Crippen molar-refractivity contribution in [1.29, 1.82) is 0 Å². The minimum Gasteiger partial charge on any atom is -0.342 e. The molecule has 2 N–H and O–H groups in total. The highest BCUT2D eigenvalue weighted by atomic mass is 16.2. The second kappa shape index (κ2) is 9.68. The summed E-state index contributed by atoms with van der Waals surface area (Å²) in [5, 5.41) is 6.13. The number of aryl methyl sites for hydroxylation is 2. The van der Waals surface area contributed by atoms with Crippen molar-refractivity contribution in [2.24, 2.45) is 13.0 Å². The SMILES string of the molecule is Cc1cccc(NC(=O)N2CCC[C@@H](C(=O)N[C@@H](c3ccccc3)c3nccn3C)C2)c1. The Morgan fingerprint density at radius 2 is 1.94 bits per heavy atom. The lowest BCUT2D eigenvalue weighted by molar-refractivity contribution is -0.126. The van der Waals surface area contributed by atoms with Gasteiger partial charge in [-0.15, -0.1) is 0 Å². The molecule has 1 aromatic heterocycles. The molecule has 0 saturated carbocycles. The van der Waals surface area contributed by atoms with Gasteiger partial charge < -0.3 is 20.1 Å². The minimum atomic E-state index is -0.347. The van der Waals surface area contributed by atoms with E-state index in [0.717, 1.165) is 35.5 Å². The number of carbonyl (C=O) groups is 2. The molecule has 1 aliphatic heterocycles. The molecule has 7 heteroatoms. The van der Waals surface area contributed by atoms with E-state index in [0.29, 0.717) is 13.1 Å². The van der Waals surface area contributed by atoms with Crippen molar-refractivity contribution in [2.75, 3.05) is 18.4 Å². The third-order valence-electron chi connectivity index (χ3n) is 5.88. The summed E-state index contributed by atoms with van der Waals surface area (Å²) in [5.74, 6) is 0.447. The van der Waals surface area contributed by atoms with Gasteiger partial charge in [0.2, 0.25) is 5.91 Å². The number of amides is 3. The summed E-state index contributed by atoms with van der Waals surface area (Å²) >= 11 is 0. The van der Waals surface area contributed by atoms with E-state index < -0.39 is 0 Å². The maximum Gasteiger partial charge on any atom is 0.321 e. The van der Waals surface area contributed by atoms with E-state index >= 15 is 0 Å². The van der Waals surface area contributed by atoms with Crippen molar-refractivity contribution in [3.63, 3.8) is 0 Å². The Bertz CT molecular complexity index is 1080. The average molecular weight is 432 g/mol. The van der Waals surface area contributed by atoms with Crippen molar-refractivity contribution in [3.8, 4) is 0 Å². The Morgan fingerprint density at radius 3 is 2.66 bits per heavy atom. The van der Waals surface area contributed by atoms with Crippen LogP contribution in [0.4, 0.5) is 10.5 Å². The molecule has 1 saturated heterocycles. The average Bonchev–Trinajstić information content (AvgIpc) is 3.23. The van der Waals surface area contributed by atoms with Crippen LogP contribution >= 0.6 is 0 Å². The number of likely N-dealkylation sites (tertiary alicyclic amines) is 1. The number of hydrogen-bond donors (Lipinski definition) is 2. The van der Waals surface area contributed by atoms with Crippen LogP contribution in [0, 0.1) is 12.8 Å². The highest BCUT2D eigenvalue weighted by molar-refractivity contribution is 5.90. The molecule has 1 aliphatic rings. The molecule has 2 heterocycles. The molecule has 7 nitrogen and oxygen atoms in total. The lowest BCUT2D eigenvalue weighted by Crippen LogP contribution is -2.47. The van der Waals surface area contributed by atoms with E-state index in [9.17, 15) is 9.59 Å². The van der Waals surface area contributed by atoms with Gasteiger partial charge in [-0.25, -0.2) is 9.78 Å². The molecule has 166 valence electrons. The molecule has 3 amide bonds. The Balaban J connectivity index is 1.45. The minimum absolute atomic E-state index is 0.0603. The van der Waals surface area contributed by atoms with Crippen LogP contribution in [0.1, 0.15) is 35.8 Å². The molecule has 0 radical (unpaired) electrons. The topological polar surface area (TPSA) is 79.3 Å². The first-order chi connectivity index (χ1) is 15.5. The molecule has 0 bridgehead atoms. The number of urea groups is 1. The number of carbonyl (C=O) groups excluding carboxylic acids is 2. The molecule has 2 atom stereocenters. The monoisotopic (exact) mass is 431 g/mol. The van der Waals surface area contributed by atoms with Crippen molar-refractivity contribution < 1.29 is 9.59 Å². The van der Waals surface area contributed by atoms with Crippen LogP contribution in [-0.4, -0.2) is 39.5 Å². The van der Waals surface area contributed by atoms with E-state index in [4.69, 9.17) is 0 Å². The van der Waals surface area contributed by atoms with E-state index in [1.807, 2.05) is 79.3 Å². The third kappa shape index (κ3) is 4.99. The van der Waals surface area contributed by atoms with E-state index in [-0.39, 0.29) is 23.9 Å². The maximum absolute atomic E-state index is 13.3. The van der Waals surface area contributed by atoms with Crippen LogP contribution in [0.3, 0.4) is 0 Å². The van der Waals surface area contributed by atoms with Gasteiger partial charge in [0.15, 0.2) is 0 Å². The summed E-state index contributed by atoms with van der Waals surface area (Å²) in [6.07, 6.45) is 5.14. The number of rotatable bonds is 5. The fourth-order valence-electron chi connectivity index (χ4n) is 4.16. The van der Waals surface area contributed by atoms with Crippen molar-refractivity contribution in [3.05, 3.63) is 83.9 Å².